The van der Waals surface area contributed by atoms with E-state index in [4.69, 9.17) is 4.74 Å². The van der Waals surface area contributed by atoms with Crippen LogP contribution in [0.4, 0.5) is 14.5 Å². The molecule has 0 aromatic carbocycles. The van der Waals surface area contributed by atoms with Gasteiger partial charge in [0.05, 0.1) is 19.7 Å². The molecule has 5 nitrogen and oxygen atoms in total. The highest BCUT2D eigenvalue weighted by Gasteiger charge is 2.45. The van der Waals surface area contributed by atoms with E-state index in [0.717, 1.165) is 25.7 Å². The van der Waals surface area contributed by atoms with Gasteiger partial charge in [0.25, 0.3) is 11.8 Å². The molecule has 0 bridgehead atoms. The number of hydrogen-bond donors (Lipinski definition) is 1. The van der Waals surface area contributed by atoms with Crippen LogP contribution in [-0.4, -0.2) is 42.6 Å². The van der Waals surface area contributed by atoms with Gasteiger partial charge in [0, 0.05) is 6.04 Å². The van der Waals surface area contributed by atoms with Gasteiger partial charge in [0.15, 0.2) is 0 Å². The van der Waals surface area contributed by atoms with Crippen LogP contribution in [0.15, 0.2) is 12.1 Å². The standard InChI is InChI=1S/C20H27F2N3O2/c1-12-3-6-15(13(12)2)23-18(26)16-7-8-17(25-10-20(21,22)11-25)19(24-16)27-9-14-4-5-14/h7-8,12-15H,3-6,9-11H2,1-2H3,(H,23,26). The SMILES string of the molecule is CC1CCC(NC(=O)c2ccc(N3CC(F)(F)C3)c(OCC3CC3)n2)C1C. The van der Waals surface area contributed by atoms with Crippen molar-refractivity contribution in [3.05, 3.63) is 17.8 Å². The first-order chi connectivity index (χ1) is 12.8. The lowest BCUT2D eigenvalue weighted by Crippen LogP contribution is -2.56. The Morgan fingerprint density at radius 3 is 2.59 bits per heavy atom. The molecule has 3 unspecified atom stereocenters. The van der Waals surface area contributed by atoms with Gasteiger partial charge in [0.2, 0.25) is 5.88 Å². The minimum Gasteiger partial charge on any atom is -0.476 e. The van der Waals surface area contributed by atoms with E-state index in [-0.39, 0.29) is 36.6 Å². The zero-order valence-corrected chi connectivity index (χ0v) is 15.9. The summed E-state index contributed by atoms with van der Waals surface area (Å²) in [6.07, 6.45) is 4.32. The maximum atomic E-state index is 13.3. The number of nitrogens with zero attached hydrogens (tertiary/aromatic N) is 2. The molecule has 2 saturated carbocycles. The van der Waals surface area contributed by atoms with Gasteiger partial charge >= 0.3 is 0 Å². The summed E-state index contributed by atoms with van der Waals surface area (Å²) in [6.45, 7) is 4.21. The molecule has 3 aliphatic rings. The smallest absolute Gasteiger partial charge is 0.282 e. The molecule has 1 aromatic heterocycles. The van der Waals surface area contributed by atoms with Crippen LogP contribution in [0.3, 0.4) is 0 Å². The van der Waals surface area contributed by atoms with E-state index in [1.54, 1.807) is 17.0 Å². The van der Waals surface area contributed by atoms with Crippen LogP contribution >= 0.6 is 0 Å². The first-order valence-corrected chi connectivity index (χ1v) is 9.90. The van der Waals surface area contributed by atoms with E-state index < -0.39 is 5.92 Å². The third-order valence-corrected chi connectivity index (χ3v) is 6.19. The van der Waals surface area contributed by atoms with Crippen molar-refractivity contribution < 1.29 is 18.3 Å². The van der Waals surface area contributed by atoms with Crippen molar-refractivity contribution in [1.82, 2.24) is 10.3 Å². The van der Waals surface area contributed by atoms with E-state index in [1.807, 2.05) is 0 Å². The normalized spacial score (nSPS) is 29.3. The van der Waals surface area contributed by atoms with Crippen molar-refractivity contribution in [1.29, 1.82) is 0 Å². The quantitative estimate of drug-likeness (QED) is 0.822. The van der Waals surface area contributed by atoms with Crippen molar-refractivity contribution in [3.8, 4) is 5.88 Å². The van der Waals surface area contributed by atoms with Gasteiger partial charge in [-0.15, -0.1) is 0 Å². The molecule has 2 heterocycles. The number of carbonyl (C=O) groups is 1. The van der Waals surface area contributed by atoms with Crippen molar-refractivity contribution in [2.45, 2.75) is 51.5 Å². The summed E-state index contributed by atoms with van der Waals surface area (Å²) in [5.41, 5.74) is 0.824. The lowest BCUT2D eigenvalue weighted by molar-refractivity contribution is -0.0265. The van der Waals surface area contributed by atoms with Crippen LogP contribution in [0.5, 0.6) is 5.88 Å². The number of rotatable bonds is 6. The molecule has 148 valence electrons. The summed E-state index contributed by atoms with van der Waals surface area (Å²) in [5, 5.41) is 3.08. The van der Waals surface area contributed by atoms with Crippen molar-refractivity contribution in [3.63, 3.8) is 0 Å². The summed E-state index contributed by atoms with van der Waals surface area (Å²) >= 11 is 0. The fraction of sp³-hybridized carbons (Fsp3) is 0.700. The molecular weight excluding hydrogens is 352 g/mol. The zero-order chi connectivity index (χ0) is 19.2. The molecule has 7 heteroatoms. The Hall–Kier alpha value is -1.92. The van der Waals surface area contributed by atoms with E-state index in [9.17, 15) is 13.6 Å². The van der Waals surface area contributed by atoms with Crippen LogP contribution in [0.25, 0.3) is 0 Å². The number of hydrogen-bond acceptors (Lipinski definition) is 4. The number of carbonyl (C=O) groups excluding carboxylic acids is 1. The molecule has 1 N–H and O–H groups in total. The largest absolute Gasteiger partial charge is 0.476 e. The molecule has 4 rings (SSSR count). The fourth-order valence-corrected chi connectivity index (χ4v) is 3.88. The molecule has 0 spiro atoms. The number of ether oxygens (including phenoxy) is 1. The predicted molar refractivity (Wildman–Crippen MR) is 98.4 cm³/mol. The molecule has 27 heavy (non-hydrogen) atoms. The molecule has 1 amide bonds. The van der Waals surface area contributed by atoms with E-state index >= 15 is 0 Å². The van der Waals surface area contributed by atoms with Crippen molar-refractivity contribution in [2.24, 2.45) is 17.8 Å². The monoisotopic (exact) mass is 379 g/mol. The van der Waals surface area contributed by atoms with Crippen LogP contribution in [-0.2, 0) is 0 Å². The first-order valence-electron chi connectivity index (χ1n) is 9.90. The minimum absolute atomic E-state index is 0.152. The van der Waals surface area contributed by atoms with E-state index in [1.165, 1.54) is 0 Å². The van der Waals surface area contributed by atoms with Gasteiger partial charge in [-0.3, -0.25) is 4.79 Å². The number of aromatic nitrogens is 1. The summed E-state index contributed by atoms with van der Waals surface area (Å²) < 4.78 is 32.3. The summed E-state index contributed by atoms with van der Waals surface area (Å²) in [6, 6.07) is 3.44. The third-order valence-electron chi connectivity index (χ3n) is 6.19. The Bertz CT molecular complexity index is 715. The Morgan fingerprint density at radius 1 is 1.26 bits per heavy atom. The van der Waals surface area contributed by atoms with Gasteiger partial charge in [-0.2, -0.15) is 0 Å². The Labute approximate surface area is 158 Å². The number of halogens is 2. The topological polar surface area (TPSA) is 54.5 Å². The van der Waals surface area contributed by atoms with Crippen LogP contribution < -0.4 is 15.0 Å². The second-order valence-electron chi connectivity index (χ2n) is 8.48. The molecule has 3 atom stereocenters. The molecule has 1 saturated heterocycles. The molecule has 1 aromatic rings. The Kier molecular flexibility index (Phi) is 4.72. The highest BCUT2D eigenvalue weighted by molar-refractivity contribution is 5.93. The van der Waals surface area contributed by atoms with Crippen LogP contribution in [0.1, 0.15) is 50.0 Å². The van der Waals surface area contributed by atoms with Gasteiger partial charge in [0.1, 0.15) is 11.4 Å². The summed E-state index contributed by atoms with van der Waals surface area (Å²) in [7, 11) is 0. The second-order valence-corrected chi connectivity index (χ2v) is 8.48. The lowest BCUT2D eigenvalue weighted by atomic mass is 9.98. The Morgan fingerprint density at radius 2 is 2.00 bits per heavy atom. The van der Waals surface area contributed by atoms with Crippen LogP contribution in [0.2, 0.25) is 0 Å². The number of pyridine rings is 1. The Balaban J connectivity index is 1.49. The average molecular weight is 379 g/mol. The van der Waals surface area contributed by atoms with Gasteiger partial charge < -0.3 is 15.0 Å². The average Bonchev–Trinajstić information content (AvgIpc) is 3.39. The summed E-state index contributed by atoms with van der Waals surface area (Å²) in [4.78, 5) is 18.6. The van der Waals surface area contributed by atoms with Gasteiger partial charge in [-0.05, 0) is 55.6 Å². The number of anilines is 1. The highest BCUT2D eigenvalue weighted by atomic mass is 19.3. The molecule has 0 radical (unpaired) electrons. The maximum Gasteiger partial charge on any atom is 0.282 e. The fourth-order valence-electron chi connectivity index (χ4n) is 3.88. The molecule has 1 aliphatic heterocycles. The van der Waals surface area contributed by atoms with Gasteiger partial charge in [-0.1, -0.05) is 13.8 Å². The predicted octanol–water partition coefficient (Wildman–Crippen LogP) is 3.49. The minimum atomic E-state index is -2.67. The van der Waals surface area contributed by atoms with E-state index in [2.05, 4.69) is 24.1 Å². The van der Waals surface area contributed by atoms with Crippen LogP contribution in [0, 0.1) is 17.8 Å². The zero-order valence-electron chi connectivity index (χ0n) is 15.9. The molecular formula is C20H27F2N3O2. The second kappa shape index (κ2) is 6.91. The van der Waals surface area contributed by atoms with Gasteiger partial charge in [-0.25, -0.2) is 13.8 Å². The maximum absolute atomic E-state index is 13.3. The van der Waals surface area contributed by atoms with E-state index in [0.29, 0.717) is 30.0 Å². The molecule has 3 fully saturated rings. The molecule has 2 aliphatic carbocycles. The van der Waals surface area contributed by atoms with Crippen molar-refractivity contribution in [2.75, 3.05) is 24.6 Å². The number of alkyl halides is 2. The van der Waals surface area contributed by atoms with Crippen molar-refractivity contribution >= 4 is 11.6 Å². The first kappa shape index (κ1) is 18.4. The number of nitrogens with one attached hydrogen (secondary N) is 1. The lowest BCUT2D eigenvalue weighted by Gasteiger charge is -2.40. The summed E-state index contributed by atoms with van der Waals surface area (Å²) in [5.74, 6) is -1.07. The highest BCUT2D eigenvalue weighted by Crippen LogP contribution is 2.38. The number of amides is 1. The third kappa shape index (κ3) is 4.01.